The summed E-state index contributed by atoms with van der Waals surface area (Å²) in [4.78, 5) is 21.3. The van der Waals surface area contributed by atoms with Crippen molar-refractivity contribution < 1.29 is 36.6 Å². The van der Waals surface area contributed by atoms with Gasteiger partial charge in [0.25, 0.3) is 0 Å². The molecule has 0 radical (unpaired) electrons. The molecule has 0 N–H and O–H groups in total. The fourth-order valence-electron chi connectivity index (χ4n) is 3.37. The topological polar surface area (TPSA) is 52.6 Å². The van der Waals surface area contributed by atoms with Crippen LogP contribution in [0.25, 0.3) is 22.3 Å². The van der Waals surface area contributed by atoms with Gasteiger partial charge in [0.1, 0.15) is 0 Å². The summed E-state index contributed by atoms with van der Waals surface area (Å²) in [6.07, 6.45) is 0. The summed E-state index contributed by atoms with van der Waals surface area (Å²) >= 11 is 2.32. The summed E-state index contributed by atoms with van der Waals surface area (Å²) in [5.41, 5.74) is 3.93. The van der Waals surface area contributed by atoms with Crippen molar-refractivity contribution in [2.45, 2.75) is 32.6 Å². The van der Waals surface area contributed by atoms with Crippen LogP contribution in [-0.2, 0) is 25.0 Å². The van der Waals surface area contributed by atoms with E-state index in [1.165, 1.54) is 40.7 Å². The van der Waals surface area contributed by atoms with Gasteiger partial charge in [-0.25, -0.2) is 9.59 Å². The SMILES string of the molecule is CCOC(=O)C(C)(F)F.CCOC(=O)C(F)(F)c1ccc(-c2ccccc2)cc1.Ic1ccc(-c2ccccc2)cc1. The molecule has 0 bridgehead atoms. The predicted molar refractivity (Wildman–Crippen MR) is 164 cm³/mol. The molecule has 0 unspecified atom stereocenters. The first-order valence-electron chi connectivity index (χ1n) is 13.0. The Morgan fingerprint density at radius 1 is 0.595 bits per heavy atom. The lowest BCUT2D eigenvalue weighted by Gasteiger charge is -2.15. The molecular formula is C33H31F4IO4. The zero-order valence-corrected chi connectivity index (χ0v) is 25.5. The van der Waals surface area contributed by atoms with Crippen LogP contribution in [0.4, 0.5) is 17.6 Å². The molecule has 4 aromatic carbocycles. The van der Waals surface area contributed by atoms with Gasteiger partial charge in [-0.3, -0.25) is 0 Å². The van der Waals surface area contributed by atoms with Crippen molar-refractivity contribution in [3.8, 4) is 22.3 Å². The van der Waals surface area contributed by atoms with Gasteiger partial charge in [-0.1, -0.05) is 97.1 Å². The normalized spacial score (nSPS) is 10.8. The summed E-state index contributed by atoms with van der Waals surface area (Å²) in [7, 11) is 0. The van der Waals surface area contributed by atoms with Crippen LogP contribution >= 0.6 is 22.6 Å². The molecule has 0 saturated carbocycles. The number of hydrogen-bond acceptors (Lipinski definition) is 4. The lowest BCUT2D eigenvalue weighted by molar-refractivity contribution is -0.173. The van der Waals surface area contributed by atoms with Gasteiger partial charge in [-0.2, -0.15) is 17.6 Å². The zero-order chi connectivity index (χ0) is 31.2. The molecule has 0 aliphatic rings. The fraction of sp³-hybridized carbons (Fsp3) is 0.212. The molecule has 0 saturated heterocycles. The summed E-state index contributed by atoms with van der Waals surface area (Å²) in [6, 6.07) is 34.0. The molecule has 42 heavy (non-hydrogen) atoms. The molecular weight excluding hydrogens is 663 g/mol. The number of halogens is 5. The number of alkyl halides is 4. The van der Waals surface area contributed by atoms with Gasteiger partial charge in [0.2, 0.25) is 0 Å². The van der Waals surface area contributed by atoms with Gasteiger partial charge in [-0.15, -0.1) is 0 Å². The van der Waals surface area contributed by atoms with Gasteiger partial charge < -0.3 is 9.47 Å². The Bertz CT molecular complexity index is 1370. The molecule has 9 heteroatoms. The van der Waals surface area contributed by atoms with Gasteiger partial charge in [0, 0.05) is 16.1 Å². The summed E-state index contributed by atoms with van der Waals surface area (Å²) in [6.45, 7) is 3.39. The third-order valence-electron chi connectivity index (χ3n) is 5.47. The van der Waals surface area contributed by atoms with Crippen LogP contribution in [0.2, 0.25) is 0 Å². The second-order valence-electron chi connectivity index (χ2n) is 8.72. The molecule has 0 spiro atoms. The van der Waals surface area contributed by atoms with Crippen LogP contribution in [-0.4, -0.2) is 31.1 Å². The highest BCUT2D eigenvalue weighted by atomic mass is 127. The number of hydrogen-bond donors (Lipinski definition) is 0. The van der Waals surface area contributed by atoms with Gasteiger partial charge in [0.15, 0.2) is 0 Å². The molecule has 0 aromatic heterocycles. The van der Waals surface area contributed by atoms with Crippen molar-refractivity contribution in [3.05, 3.63) is 118 Å². The lowest BCUT2D eigenvalue weighted by atomic mass is 10.0. The minimum atomic E-state index is -3.62. The Balaban J connectivity index is 0.000000241. The van der Waals surface area contributed by atoms with E-state index in [1.54, 1.807) is 12.1 Å². The number of ether oxygens (including phenoxy) is 2. The molecule has 0 aliphatic heterocycles. The van der Waals surface area contributed by atoms with E-state index in [1.807, 2.05) is 36.4 Å². The van der Waals surface area contributed by atoms with Crippen LogP contribution < -0.4 is 0 Å². The molecule has 0 fully saturated rings. The fourth-order valence-corrected chi connectivity index (χ4v) is 3.73. The Kier molecular flexibility index (Phi) is 13.7. The van der Waals surface area contributed by atoms with E-state index >= 15 is 0 Å². The van der Waals surface area contributed by atoms with E-state index in [0.717, 1.165) is 11.1 Å². The first kappa shape index (κ1) is 34.5. The van der Waals surface area contributed by atoms with Crippen molar-refractivity contribution in [1.82, 2.24) is 0 Å². The van der Waals surface area contributed by atoms with E-state index < -0.39 is 23.8 Å². The van der Waals surface area contributed by atoms with E-state index in [0.29, 0.717) is 6.92 Å². The first-order valence-corrected chi connectivity index (χ1v) is 14.0. The minimum absolute atomic E-state index is 0.0116. The van der Waals surface area contributed by atoms with Crippen molar-refractivity contribution in [2.75, 3.05) is 13.2 Å². The van der Waals surface area contributed by atoms with Crippen molar-refractivity contribution in [2.24, 2.45) is 0 Å². The maximum Gasteiger partial charge on any atom is 0.381 e. The molecule has 4 aromatic rings. The van der Waals surface area contributed by atoms with Crippen LogP contribution in [0.3, 0.4) is 0 Å². The van der Waals surface area contributed by atoms with Crippen molar-refractivity contribution >= 4 is 34.5 Å². The van der Waals surface area contributed by atoms with Crippen molar-refractivity contribution in [3.63, 3.8) is 0 Å². The summed E-state index contributed by atoms with van der Waals surface area (Å²) < 4.78 is 60.9. The maximum absolute atomic E-state index is 13.8. The highest BCUT2D eigenvalue weighted by Crippen LogP contribution is 2.31. The van der Waals surface area contributed by atoms with Crippen LogP contribution in [0.15, 0.2) is 109 Å². The van der Waals surface area contributed by atoms with E-state index in [9.17, 15) is 27.2 Å². The molecule has 4 rings (SSSR count). The average molecular weight is 695 g/mol. The number of esters is 2. The van der Waals surface area contributed by atoms with Crippen molar-refractivity contribution in [1.29, 1.82) is 0 Å². The molecule has 0 heterocycles. The molecule has 4 nitrogen and oxygen atoms in total. The zero-order valence-electron chi connectivity index (χ0n) is 23.3. The number of benzene rings is 4. The Morgan fingerprint density at radius 2 is 0.952 bits per heavy atom. The smallest absolute Gasteiger partial charge is 0.381 e. The van der Waals surface area contributed by atoms with Crippen LogP contribution in [0.1, 0.15) is 26.3 Å². The predicted octanol–water partition coefficient (Wildman–Crippen LogP) is 9.17. The van der Waals surface area contributed by atoms with Gasteiger partial charge in [0.05, 0.1) is 13.2 Å². The number of rotatable bonds is 7. The highest BCUT2D eigenvalue weighted by molar-refractivity contribution is 14.1. The second kappa shape index (κ2) is 16.6. The number of carbonyl (C=O) groups is 2. The maximum atomic E-state index is 13.8. The molecule has 222 valence electrons. The van der Waals surface area contributed by atoms with Crippen LogP contribution in [0.5, 0.6) is 0 Å². The largest absolute Gasteiger partial charge is 0.462 e. The van der Waals surface area contributed by atoms with E-state index in [-0.39, 0.29) is 18.8 Å². The minimum Gasteiger partial charge on any atom is -0.462 e. The Hall–Kier alpha value is -3.73. The lowest BCUT2D eigenvalue weighted by Crippen LogP contribution is -2.28. The Labute approximate surface area is 256 Å². The third-order valence-corrected chi connectivity index (χ3v) is 6.19. The molecule has 0 amide bonds. The first-order chi connectivity index (χ1) is 19.9. The average Bonchev–Trinajstić information content (AvgIpc) is 2.99. The summed E-state index contributed by atoms with van der Waals surface area (Å²) in [5.74, 6) is -9.96. The highest BCUT2D eigenvalue weighted by Gasteiger charge is 2.42. The molecule has 0 aliphatic carbocycles. The monoisotopic (exact) mass is 694 g/mol. The Morgan fingerprint density at radius 3 is 1.31 bits per heavy atom. The van der Waals surface area contributed by atoms with Crippen LogP contribution in [0, 0.1) is 3.57 Å². The second-order valence-corrected chi connectivity index (χ2v) is 9.97. The number of carbonyl (C=O) groups excluding carboxylic acids is 2. The van der Waals surface area contributed by atoms with E-state index in [2.05, 4.69) is 80.6 Å². The summed E-state index contributed by atoms with van der Waals surface area (Å²) in [5, 5.41) is 0. The van der Waals surface area contributed by atoms with Gasteiger partial charge >= 0.3 is 23.8 Å². The third kappa shape index (κ3) is 10.9. The molecule has 0 atom stereocenters. The van der Waals surface area contributed by atoms with E-state index in [4.69, 9.17) is 0 Å². The standard InChI is InChI=1S/C16H14F2O2.C12H9I.C5H8F2O2/c1-2-20-15(19)16(17,18)14-10-8-13(9-11-14)12-6-4-3-5-7-12;13-12-8-6-11(7-9-12)10-4-2-1-3-5-10;1-3-9-4(8)5(2,6)7/h3-11H,2H2,1H3;1-9H;3H2,1-2H3. The quantitative estimate of drug-likeness (QED) is 0.110. The van der Waals surface area contributed by atoms with Gasteiger partial charge in [-0.05, 0) is 70.8 Å².